The molecule has 3 aromatic carbocycles. The highest BCUT2D eigenvalue weighted by molar-refractivity contribution is 6.06. The van der Waals surface area contributed by atoms with Crippen molar-refractivity contribution >= 4 is 46.2 Å². The zero-order valence-electron chi connectivity index (χ0n) is 35.1. The summed E-state index contributed by atoms with van der Waals surface area (Å²) < 4.78 is 16.0. The normalized spacial score (nSPS) is 22.0. The van der Waals surface area contributed by atoms with Gasteiger partial charge in [0.05, 0.1) is 50.0 Å². The molecule has 316 valence electrons. The van der Waals surface area contributed by atoms with Crippen molar-refractivity contribution in [1.82, 2.24) is 30.4 Å². The Morgan fingerprint density at radius 1 is 0.850 bits per heavy atom. The van der Waals surface area contributed by atoms with Crippen LogP contribution in [0.15, 0.2) is 53.7 Å². The van der Waals surface area contributed by atoms with Gasteiger partial charge >= 0.3 is 12.2 Å². The number of nitrogens with zero attached hydrogens (tertiary/aromatic N) is 4. The van der Waals surface area contributed by atoms with Crippen LogP contribution in [-0.4, -0.2) is 105 Å². The Bertz CT molecular complexity index is 2390. The zero-order valence-corrected chi connectivity index (χ0v) is 35.1. The Kier molecular flexibility index (Phi) is 11.0. The fraction of sp³-hybridized carbons (Fsp3) is 0.467. The molecule has 0 unspecified atom stereocenters. The summed E-state index contributed by atoms with van der Waals surface area (Å²) in [6, 6.07) is 12.2. The molecule has 0 aliphatic carbocycles. The van der Waals surface area contributed by atoms with E-state index >= 15 is 0 Å². The van der Waals surface area contributed by atoms with Crippen molar-refractivity contribution in [2.24, 2.45) is 10.9 Å². The Labute approximate surface area is 348 Å². The number of H-pyrrole nitrogens is 1. The van der Waals surface area contributed by atoms with E-state index in [-0.39, 0.29) is 36.0 Å². The van der Waals surface area contributed by atoms with Gasteiger partial charge in [0.2, 0.25) is 11.8 Å². The molecule has 2 saturated heterocycles. The average molecular weight is 820 g/mol. The summed E-state index contributed by atoms with van der Waals surface area (Å²) in [5, 5.41) is 17.8. The van der Waals surface area contributed by atoms with Crippen molar-refractivity contribution in [2.75, 3.05) is 14.2 Å². The minimum absolute atomic E-state index is 0.00695. The van der Waals surface area contributed by atoms with Crippen molar-refractivity contribution in [2.45, 2.75) is 116 Å². The Balaban J connectivity index is 1.01. The molecule has 4 aromatic rings. The number of amides is 4. The Morgan fingerprint density at radius 2 is 1.52 bits per heavy atom. The number of likely N-dealkylation sites (tertiary alicyclic amines) is 2. The van der Waals surface area contributed by atoms with Crippen LogP contribution in [0.2, 0.25) is 0 Å². The molecule has 4 amide bonds. The maximum atomic E-state index is 14.0. The number of methoxy groups -OCH3 is 2. The predicted molar refractivity (Wildman–Crippen MR) is 225 cm³/mol. The number of carbonyl (C=O) groups is 4. The maximum Gasteiger partial charge on any atom is 0.407 e. The Hall–Kier alpha value is -5.96. The highest BCUT2D eigenvalue weighted by Gasteiger charge is 2.44. The molecule has 8 rings (SSSR count). The van der Waals surface area contributed by atoms with Crippen LogP contribution >= 0.6 is 0 Å². The van der Waals surface area contributed by atoms with Crippen molar-refractivity contribution < 1.29 is 38.5 Å². The molecule has 4 aliphatic heterocycles. The number of aliphatic hydroxyl groups is 1. The lowest BCUT2D eigenvalue weighted by atomic mass is 9.90. The highest BCUT2D eigenvalue weighted by atomic mass is 16.5. The average Bonchev–Trinajstić information content (AvgIpc) is 4.06. The molecule has 4 N–H and O–H groups in total. The summed E-state index contributed by atoms with van der Waals surface area (Å²) in [5.41, 5.74) is 7.81. The largest absolute Gasteiger partial charge is 0.488 e. The molecule has 7 atom stereocenters. The number of aromatic amines is 1. The number of rotatable bonds is 9. The lowest BCUT2D eigenvalue weighted by Crippen LogP contribution is -2.55. The number of fused-ring (bicyclic) bond motifs is 6. The zero-order chi connectivity index (χ0) is 42.6. The third-order valence-electron chi connectivity index (χ3n) is 12.7. The van der Waals surface area contributed by atoms with Crippen molar-refractivity contribution in [1.29, 1.82) is 0 Å². The molecule has 0 saturated carbocycles. The first kappa shape index (κ1) is 40.8. The second-order valence-corrected chi connectivity index (χ2v) is 16.8. The van der Waals surface area contributed by atoms with Crippen LogP contribution in [0.1, 0.15) is 83.3 Å². The molecule has 15 heteroatoms. The summed E-state index contributed by atoms with van der Waals surface area (Å²) in [6.07, 6.45) is 2.92. The molecule has 2 fully saturated rings. The van der Waals surface area contributed by atoms with Crippen molar-refractivity contribution in [3.05, 3.63) is 65.6 Å². The monoisotopic (exact) mass is 819 g/mol. The number of carbonyl (C=O) groups excluding carboxylic acids is 4. The second-order valence-electron chi connectivity index (χ2n) is 16.8. The van der Waals surface area contributed by atoms with Gasteiger partial charge in [0.1, 0.15) is 30.3 Å². The third kappa shape index (κ3) is 7.33. The standard InChI is InChI=1S/C45H53N7O8/c1-22(2)39(49-44(56)58-6)42(54)51-23(3)8-14-36(51)34-18-31-30-19-38-32(17-26(30)11-13-33(31)47-34)29-12-10-27(16-28(29)21-60-38)35-20-46-41(48-35)37-15-9-24(4)52(37)43(55)40(25(5)53)50-45(57)59-7/h10-13,16-17,19-20,22-25,36-37,39-40,53H,8-9,14-15,18,21H2,1-7H3,(H,46,48)(H,49,56)(H,50,57)/t23-,24-,25+,36-,37-,39-,40-/m0/s1. The van der Waals surface area contributed by atoms with E-state index in [2.05, 4.69) is 65.0 Å². The number of hydrogen-bond donors (Lipinski definition) is 4. The lowest BCUT2D eigenvalue weighted by molar-refractivity contribution is -0.139. The van der Waals surface area contributed by atoms with E-state index in [9.17, 15) is 24.3 Å². The quantitative estimate of drug-likeness (QED) is 0.150. The molecule has 0 spiro atoms. The van der Waals surface area contributed by atoms with E-state index in [1.54, 1.807) is 11.1 Å². The summed E-state index contributed by atoms with van der Waals surface area (Å²) >= 11 is 0. The van der Waals surface area contributed by atoms with Crippen LogP contribution in [0.3, 0.4) is 0 Å². The molecular formula is C45H53N7O8. The summed E-state index contributed by atoms with van der Waals surface area (Å²) in [7, 11) is 2.51. The summed E-state index contributed by atoms with van der Waals surface area (Å²) in [5.74, 6) is 0.792. The SMILES string of the molecule is COC(=O)N[C@H](C(=O)N1[C@@H](C)CC[C@H]1C1=Nc2ccc3cc4c(cc3c2C1)OCc1cc(-c2cnc([C@@H]3CC[C@H](C)N3C(=O)[C@@H](NC(=O)OC)[C@@H](C)O)[nH]2)ccc1-4)C(C)C. The molecule has 4 aliphatic rings. The van der Waals surface area contributed by atoms with Crippen LogP contribution in [0.25, 0.3) is 33.2 Å². The van der Waals surface area contributed by atoms with Crippen LogP contribution in [0.4, 0.5) is 15.3 Å². The fourth-order valence-electron chi connectivity index (χ4n) is 9.44. The number of aliphatic hydroxyl groups excluding tert-OH is 1. The van der Waals surface area contributed by atoms with E-state index in [4.69, 9.17) is 24.2 Å². The van der Waals surface area contributed by atoms with E-state index in [0.717, 1.165) is 80.7 Å². The number of hydrogen-bond acceptors (Lipinski definition) is 10. The predicted octanol–water partition coefficient (Wildman–Crippen LogP) is 6.34. The van der Waals surface area contributed by atoms with E-state index in [0.29, 0.717) is 25.3 Å². The molecule has 5 heterocycles. The second kappa shape index (κ2) is 16.2. The molecule has 60 heavy (non-hydrogen) atoms. The first-order chi connectivity index (χ1) is 28.8. The number of aromatic nitrogens is 2. The number of aliphatic imine (C=N–C) groups is 1. The van der Waals surface area contributed by atoms with Crippen LogP contribution in [0, 0.1) is 5.92 Å². The van der Waals surface area contributed by atoms with Gasteiger partial charge in [-0.25, -0.2) is 14.6 Å². The van der Waals surface area contributed by atoms with Gasteiger partial charge in [-0.1, -0.05) is 32.0 Å². The van der Waals surface area contributed by atoms with Gasteiger partial charge in [0.25, 0.3) is 0 Å². The first-order valence-corrected chi connectivity index (χ1v) is 20.8. The van der Waals surface area contributed by atoms with Crippen LogP contribution < -0.4 is 15.4 Å². The van der Waals surface area contributed by atoms with Gasteiger partial charge in [-0.05, 0) is 110 Å². The number of nitrogens with one attached hydrogen (secondary N) is 3. The minimum atomic E-state index is -1.16. The Morgan fingerprint density at radius 3 is 2.20 bits per heavy atom. The highest BCUT2D eigenvalue weighted by Crippen LogP contribution is 2.45. The molecule has 0 bridgehead atoms. The number of alkyl carbamates (subject to hydrolysis) is 2. The number of benzene rings is 3. The third-order valence-corrected chi connectivity index (χ3v) is 12.7. The smallest absolute Gasteiger partial charge is 0.407 e. The van der Waals surface area contributed by atoms with Gasteiger partial charge in [0.15, 0.2) is 0 Å². The maximum absolute atomic E-state index is 14.0. The fourth-order valence-corrected chi connectivity index (χ4v) is 9.44. The number of ether oxygens (including phenoxy) is 3. The van der Waals surface area contributed by atoms with Gasteiger partial charge in [-0.15, -0.1) is 0 Å². The number of imidazole rings is 1. The van der Waals surface area contributed by atoms with Gasteiger partial charge < -0.3 is 44.7 Å². The molecule has 0 radical (unpaired) electrons. The first-order valence-electron chi connectivity index (χ1n) is 20.8. The van der Waals surface area contributed by atoms with E-state index in [1.807, 2.05) is 25.7 Å². The van der Waals surface area contributed by atoms with E-state index < -0.39 is 36.3 Å². The molecule has 1 aromatic heterocycles. The van der Waals surface area contributed by atoms with Gasteiger partial charge in [0, 0.05) is 29.8 Å². The summed E-state index contributed by atoms with van der Waals surface area (Å²) in [4.78, 5) is 68.7. The van der Waals surface area contributed by atoms with Gasteiger partial charge in [-0.3, -0.25) is 14.6 Å². The topological polar surface area (TPSA) is 188 Å². The van der Waals surface area contributed by atoms with Crippen molar-refractivity contribution in [3.63, 3.8) is 0 Å². The minimum Gasteiger partial charge on any atom is -0.488 e. The van der Waals surface area contributed by atoms with Crippen molar-refractivity contribution in [3.8, 4) is 28.1 Å². The van der Waals surface area contributed by atoms with E-state index in [1.165, 1.54) is 21.1 Å². The van der Waals surface area contributed by atoms with Crippen LogP contribution in [0.5, 0.6) is 5.75 Å². The van der Waals surface area contributed by atoms with Crippen LogP contribution in [-0.2, 0) is 32.1 Å². The summed E-state index contributed by atoms with van der Waals surface area (Å²) in [6.45, 7) is 9.69. The lowest BCUT2D eigenvalue weighted by Gasteiger charge is -2.33. The van der Waals surface area contributed by atoms with Gasteiger partial charge in [-0.2, -0.15) is 0 Å². The molecular weight excluding hydrogens is 767 g/mol. The molecule has 15 nitrogen and oxygen atoms in total.